The number of hydrogen-bond acceptors (Lipinski definition) is 6. The van der Waals surface area contributed by atoms with E-state index < -0.39 is 0 Å². The van der Waals surface area contributed by atoms with Gasteiger partial charge in [-0.2, -0.15) is 0 Å². The maximum Gasteiger partial charge on any atom is 0.157 e. The van der Waals surface area contributed by atoms with Gasteiger partial charge in [0.1, 0.15) is 0 Å². The Hall–Kier alpha value is -1.02. The number of benzene rings is 1. The normalized spacial score (nSPS) is 16.6. The molecule has 38 heavy (non-hydrogen) atoms. The molecule has 1 aliphatic rings. The molecule has 0 radical (unpaired) electrons. The van der Waals surface area contributed by atoms with Crippen molar-refractivity contribution in [3.8, 4) is 0 Å². The molecule has 0 N–H and O–H groups in total. The highest BCUT2D eigenvalue weighted by atomic mass is 16.7. The first-order valence-corrected chi connectivity index (χ1v) is 15.4. The van der Waals surface area contributed by atoms with Crippen molar-refractivity contribution in [2.24, 2.45) is 0 Å². The topological polar surface area (TPSA) is 55.4 Å². The average molecular weight is 537 g/mol. The summed E-state index contributed by atoms with van der Waals surface area (Å²) in [5, 5.41) is 0. The van der Waals surface area contributed by atoms with Crippen molar-refractivity contribution in [2.75, 3.05) is 59.5 Å². The van der Waals surface area contributed by atoms with Crippen LogP contribution < -0.4 is 0 Å². The Bertz CT molecular complexity index is 631. The molecular formula is C32H56O6. The summed E-state index contributed by atoms with van der Waals surface area (Å²) in [6, 6.07) is 8.94. The van der Waals surface area contributed by atoms with Gasteiger partial charge in [0.15, 0.2) is 6.29 Å². The van der Waals surface area contributed by atoms with Gasteiger partial charge in [-0.1, -0.05) is 89.5 Å². The van der Waals surface area contributed by atoms with Crippen molar-refractivity contribution >= 4 is 0 Å². The Morgan fingerprint density at radius 3 is 1.89 bits per heavy atom. The number of hydrogen-bond donors (Lipinski definition) is 0. The monoisotopic (exact) mass is 536 g/mol. The van der Waals surface area contributed by atoms with Crippen LogP contribution in [-0.2, 0) is 35.0 Å². The van der Waals surface area contributed by atoms with Crippen LogP contribution in [-0.4, -0.2) is 65.8 Å². The quantitative estimate of drug-likeness (QED) is 0.121. The summed E-state index contributed by atoms with van der Waals surface area (Å²) in [6.45, 7) is 10.6. The summed E-state index contributed by atoms with van der Waals surface area (Å²) >= 11 is 0. The fraction of sp³-hybridized carbons (Fsp3) is 0.812. The van der Waals surface area contributed by atoms with E-state index in [0.29, 0.717) is 65.4 Å². The second-order valence-electron chi connectivity index (χ2n) is 10.5. The minimum atomic E-state index is -0.0479. The van der Waals surface area contributed by atoms with E-state index in [9.17, 15) is 0 Å². The predicted octanol–water partition coefficient (Wildman–Crippen LogP) is 7.43. The maximum atomic E-state index is 5.77. The van der Waals surface area contributed by atoms with Crippen LogP contribution in [0.4, 0.5) is 0 Å². The summed E-state index contributed by atoms with van der Waals surface area (Å²) in [4.78, 5) is 0. The second-order valence-corrected chi connectivity index (χ2v) is 10.5. The summed E-state index contributed by atoms with van der Waals surface area (Å²) in [6.07, 6.45) is 15.6. The molecule has 2 unspecified atom stereocenters. The minimum absolute atomic E-state index is 0.0479. The smallest absolute Gasteiger partial charge is 0.157 e. The molecule has 220 valence electrons. The summed E-state index contributed by atoms with van der Waals surface area (Å²) in [5.41, 5.74) is 2.65. The number of unbranched alkanes of at least 4 members (excludes halogenated alkanes) is 7. The lowest BCUT2D eigenvalue weighted by molar-refractivity contribution is -0.169. The zero-order chi connectivity index (χ0) is 26.9. The Labute approximate surface area is 233 Å². The van der Waals surface area contributed by atoms with Crippen molar-refractivity contribution in [3.05, 3.63) is 35.4 Å². The van der Waals surface area contributed by atoms with Gasteiger partial charge in [-0.25, -0.2) is 0 Å². The van der Waals surface area contributed by atoms with Gasteiger partial charge in [0.2, 0.25) is 0 Å². The fourth-order valence-electron chi connectivity index (χ4n) is 4.62. The van der Waals surface area contributed by atoms with Crippen LogP contribution in [0.25, 0.3) is 0 Å². The molecule has 6 heteroatoms. The van der Waals surface area contributed by atoms with Crippen LogP contribution in [0.3, 0.4) is 0 Å². The largest absolute Gasteiger partial charge is 0.377 e. The Morgan fingerprint density at radius 2 is 1.29 bits per heavy atom. The third-order valence-electron chi connectivity index (χ3n) is 7.09. The molecule has 2 atom stereocenters. The van der Waals surface area contributed by atoms with Gasteiger partial charge in [-0.15, -0.1) is 0 Å². The maximum absolute atomic E-state index is 5.77. The van der Waals surface area contributed by atoms with Crippen molar-refractivity contribution in [3.63, 3.8) is 0 Å². The number of ether oxygens (including phenoxy) is 6. The molecular weight excluding hydrogens is 480 g/mol. The van der Waals surface area contributed by atoms with Gasteiger partial charge in [0.25, 0.3) is 0 Å². The van der Waals surface area contributed by atoms with E-state index in [1.807, 2.05) is 0 Å². The average Bonchev–Trinajstić information content (AvgIpc) is 2.95. The van der Waals surface area contributed by atoms with Crippen molar-refractivity contribution in [1.29, 1.82) is 0 Å². The van der Waals surface area contributed by atoms with Crippen LogP contribution in [0.5, 0.6) is 0 Å². The van der Waals surface area contributed by atoms with E-state index in [-0.39, 0.29) is 6.29 Å². The molecule has 1 aliphatic heterocycles. The minimum Gasteiger partial charge on any atom is -0.377 e. The molecule has 1 fully saturated rings. The zero-order valence-corrected chi connectivity index (χ0v) is 24.5. The SMILES string of the molecule is CCCCCCCCCCC(C)c1ccc(COCCOCCOCCOCCOC2CCCCO2)cc1. The first-order valence-electron chi connectivity index (χ1n) is 15.4. The van der Waals surface area contributed by atoms with E-state index in [1.54, 1.807) is 0 Å². The predicted molar refractivity (Wildman–Crippen MR) is 154 cm³/mol. The standard InChI is InChI=1S/C32H56O6/c1-3-4-5-6-7-8-9-10-13-29(2)31-17-15-30(16-18-31)28-36-25-24-34-21-20-33-22-23-35-26-27-38-32-14-11-12-19-37-32/h15-18,29,32H,3-14,19-28H2,1-2H3. The zero-order valence-electron chi connectivity index (χ0n) is 24.5. The molecule has 0 amide bonds. The van der Waals surface area contributed by atoms with Gasteiger partial charge in [0.05, 0.1) is 59.5 Å². The van der Waals surface area contributed by atoms with Crippen molar-refractivity contribution in [1.82, 2.24) is 0 Å². The summed E-state index contributed by atoms with van der Waals surface area (Å²) in [5.74, 6) is 0.627. The lowest BCUT2D eigenvalue weighted by Crippen LogP contribution is -2.24. The number of rotatable bonds is 25. The molecule has 1 aromatic carbocycles. The van der Waals surface area contributed by atoms with E-state index >= 15 is 0 Å². The Balaban J connectivity index is 1.34. The first kappa shape index (κ1) is 33.2. The first-order chi connectivity index (χ1) is 18.8. The highest BCUT2D eigenvalue weighted by molar-refractivity contribution is 5.24. The van der Waals surface area contributed by atoms with E-state index in [1.165, 1.54) is 75.3 Å². The third kappa shape index (κ3) is 17.5. The summed E-state index contributed by atoms with van der Waals surface area (Å²) in [7, 11) is 0. The molecule has 0 spiro atoms. The van der Waals surface area contributed by atoms with Crippen LogP contribution in [0.1, 0.15) is 108 Å². The van der Waals surface area contributed by atoms with Crippen LogP contribution in [0.15, 0.2) is 24.3 Å². The van der Waals surface area contributed by atoms with Gasteiger partial charge in [-0.05, 0) is 42.7 Å². The lowest BCUT2D eigenvalue weighted by Gasteiger charge is -2.22. The third-order valence-corrected chi connectivity index (χ3v) is 7.09. The molecule has 0 aliphatic carbocycles. The highest BCUT2D eigenvalue weighted by Gasteiger charge is 2.13. The molecule has 0 aromatic heterocycles. The van der Waals surface area contributed by atoms with Crippen LogP contribution in [0, 0.1) is 0 Å². The van der Waals surface area contributed by atoms with E-state index in [0.717, 1.165) is 19.4 Å². The van der Waals surface area contributed by atoms with Gasteiger partial charge in [0, 0.05) is 6.61 Å². The van der Waals surface area contributed by atoms with Crippen LogP contribution in [0.2, 0.25) is 0 Å². The van der Waals surface area contributed by atoms with E-state index in [4.69, 9.17) is 28.4 Å². The highest BCUT2D eigenvalue weighted by Crippen LogP contribution is 2.23. The molecule has 1 aromatic rings. The molecule has 6 nitrogen and oxygen atoms in total. The van der Waals surface area contributed by atoms with E-state index in [2.05, 4.69) is 38.1 Å². The van der Waals surface area contributed by atoms with Gasteiger partial charge >= 0.3 is 0 Å². The molecule has 1 heterocycles. The lowest BCUT2D eigenvalue weighted by atomic mass is 9.94. The van der Waals surface area contributed by atoms with Crippen molar-refractivity contribution in [2.45, 2.75) is 110 Å². The summed E-state index contributed by atoms with van der Waals surface area (Å²) < 4.78 is 33.6. The molecule has 0 saturated carbocycles. The fourth-order valence-corrected chi connectivity index (χ4v) is 4.62. The van der Waals surface area contributed by atoms with Crippen molar-refractivity contribution < 1.29 is 28.4 Å². The van der Waals surface area contributed by atoms with Crippen LogP contribution >= 0.6 is 0 Å². The van der Waals surface area contributed by atoms with Gasteiger partial charge in [-0.3, -0.25) is 0 Å². The molecule has 1 saturated heterocycles. The van der Waals surface area contributed by atoms with Gasteiger partial charge < -0.3 is 28.4 Å². The second kappa shape index (κ2) is 23.8. The Kier molecular flexibility index (Phi) is 20.8. The Morgan fingerprint density at radius 1 is 0.711 bits per heavy atom. The molecule has 0 bridgehead atoms. The molecule has 2 rings (SSSR count).